The Morgan fingerprint density at radius 3 is 2.37 bits per heavy atom. The Kier molecular flexibility index (Phi) is 3.60. The third kappa shape index (κ3) is 2.78. The Morgan fingerprint density at radius 2 is 1.74 bits per heavy atom. The van der Waals surface area contributed by atoms with Gasteiger partial charge in [-0.1, -0.05) is 6.07 Å². The number of nitrogen functional groups attached to an aromatic ring is 1. The number of nitrogens with two attached hydrogens (primary N) is 1. The van der Waals surface area contributed by atoms with Gasteiger partial charge in [0.15, 0.2) is 17.3 Å². The highest BCUT2D eigenvalue weighted by molar-refractivity contribution is 5.57. The Hall–Kier alpha value is -2.23. The molecule has 0 radical (unpaired) electrons. The summed E-state index contributed by atoms with van der Waals surface area (Å²) in [5, 5.41) is 0. The maximum atomic E-state index is 13.4. The second kappa shape index (κ2) is 5.18. The van der Waals surface area contributed by atoms with Crippen LogP contribution in [0.4, 0.5) is 10.1 Å². The number of aryl methyl sites for hydroxylation is 2. The number of anilines is 1. The largest absolute Gasteiger partial charge is 0.494 e. The van der Waals surface area contributed by atoms with Gasteiger partial charge < -0.3 is 15.2 Å². The molecule has 0 saturated heterocycles. The van der Waals surface area contributed by atoms with Crippen molar-refractivity contribution in [2.24, 2.45) is 0 Å². The van der Waals surface area contributed by atoms with Crippen LogP contribution in [0.25, 0.3) is 0 Å². The van der Waals surface area contributed by atoms with E-state index in [2.05, 4.69) is 0 Å². The molecule has 0 aromatic heterocycles. The van der Waals surface area contributed by atoms with E-state index in [9.17, 15) is 4.39 Å². The first-order chi connectivity index (χ1) is 9.01. The van der Waals surface area contributed by atoms with E-state index < -0.39 is 5.82 Å². The Balaban J connectivity index is 2.34. The first-order valence-corrected chi connectivity index (χ1v) is 5.89. The summed E-state index contributed by atoms with van der Waals surface area (Å²) in [5.41, 5.74) is 8.27. The van der Waals surface area contributed by atoms with Gasteiger partial charge >= 0.3 is 0 Å². The van der Waals surface area contributed by atoms with Crippen LogP contribution in [0.15, 0.2) is 30.3 Å². The van der Waals surface area contributed by atoms with Crippen molar-refractivity contribution in [3.8, 4) is 17.2 Å². The number of hydrogen-bond donors (Lipinski definition) is 1. The van der Waals surface area contributed by atoms with E-state index in [0.717, 1.165) is 5.56 Å². The van der Waals surface area contributed by atoms with Crippen LogP contribution in [-0.4, -0.2) is 7.11 Å². The van der Waals surface area contributed by atoms with Gasteiger partial charge in [-0.05, 0) is 37.1 Å². The summed E-state index contributed by atoms with van der Waals surface area (Å²) in [6.07, 6.45) is 0. The van der Waals surface area contributed by atoms with E-state index in [4.69, 9.17) is 15.2 Å². The maximum absolute atomic E-state index is 13.4. The monoisotopic (exact) mass is 261 g/mol. The van der Waals surface area contributed by atoms with Crippen LogP contribution in [-0.2, 0) is 0 Å². The highest BCUT2D eigenvalue weighted by atomic mass is 19.1. The summed E-state index contributed by atoms with van der Waals surface area (Å²) in [7, 11) is 1.40. The first kappa shape index (κ1) is 13.2. The van der Waals surface area contributed by atoms with E-state index in [1.165, 1.54) is 24.8 Å². The maximum Gasteiger partial charge on any atom is 0.167 e. The van der Waals surface area contributed by atoms with Crippen LogP contribution in [0.1, 0.15) is 11.1 Å². The lowest BCUT2D eigenvalue weighted by molar-refractivity contribution is 0.382. The van der Waals surface area contributed by atoms with Gasteiger partial charge in [0.25, 0.3) is 0 Å². The average molecular weight is 261 g/mol. The highest BCUT2D eigenvalue weighted by Crippen LogP contribution is 2.33. The lowest BCUT2D eigenvalue weighted by Gasteiger charge is -2.12. The van der Waals surface area contributed by atoms with Crippen molar-refractivity contribution >= 4 is 5.69 Å². The normalized spacial score (nSPS) is 10.3. The minimum atomic E-state index is -0.507. The summed E-state index contributed by atoms with van der Waals surface area (Å²) < 4.78 is 24.0. The summed E-state index contributed by atoms with van der Waals surface area (Å²) in [6.45, 7) is 4.02. The Labute approximate surface area is 111 Å². The fourth-order valence-corrected chi connectivity index (χ4v) is 1.70. The van der Waals surface area contributed by atoms with E-state index in [0.29, 0.717) is 11.5 Å². The molecule has 100 valence electrons. The zero-order valence-electron chi connectivity index (χ0n) is 11.2. The van der Waals surface area contributed by atoms with Gasteiger partial charge in [0, 0.05) is 12.1 Å². The third-order valence-corrected chi connectivity index (χ3v) is 2.99. The minimum absolute atomic E-state index is 0.105. The quantitative estimate of drug-likeness (QED) is 0.854. The van der Waals surface area contributed by atoms with Crippen molar-refractivity contribution in [3.63, 3.8) is 0 Å². The molecule has 0 heterocycles. The number of hydrogen-bond acceptors (Lipinski definition) is 3. The van der Waals surface area contributed by atoms with Gasteiger partial charge in [0.1, 0.15) is 5.75 Å². The van der Waals surface area contributed by atoms with E-state index in [1.54, 1.807) is 0 Å². The number of rotatable bonds is 3. The van der Waals surface area contributed by atoms with Crippen molar-refractivity contribution in [2.45, 2.75) is 13.8 Å². The SMILES string of the molecule is COc1cc(Oc2ccc(C)c(C)c2)c(N)cc1F. The zero-order valence-corrected chi connectivity index (χ0v) is 11.2. The molecule has 2 N–H and O–H groups in total. The molecule has 19 heavy (non-hydrogen) atoms. The lowest BCUT2D eigenvalue weighted by atomic mass is 10.1. The van der Waals surface area contributed by atoms with Gasteiger partial charge in [-0.15, -0.1) is 0 Å². The van der Waals surface area contributed by atoms with Crippen molar-refractivity contribution in [1.82, 2.24) is 0 Å². The Morgan fingerprint density at radius 1 is 1.00 bits per heavy atom. The number of halogens is 1. The molecule has 4 heteroatoms. The minimum Gasteiger partial charge on any atom is -0.494 e. The summed E-state index contributed by atoms with van der Waals surface area (Å²) >= 11 is 0. The molecule has 0 amide bonds. The standard InChI is InChI=1S/C15H16FNO2/c1-9-4-5-11(6-10(9)2)19-15-8-14(18-3)12(16)7-13(15)17/h4-8H,17H2,1-3H3. The third-order valence-electron chi connectivity index (χ3n) is 2.99. The van der Waals surface area contributed by atoms with E-state index in [1.807, 2.05) is 32.0 Å². The molecule has 0 saturated carbocycles. The molecule has 0 atom stereocenters. The summed E-state index contributed by atoms with van der Waals surface area (Å²) in [6, 6.07) is 8.35. The van der Waals surface area contributed by atoms with E-state index in [-0.39, 0.29) is 11.4 Å². The second-order valence-electron chi connectivity index (χ2n) is 4.37. The number of ether oxygens (including phenoxy) is 2. The molecule has 0 aliphatic rings. The lowest BCUT2D eigenvalue weighted by Crippen LogP contribution is -1.96. The molecule has 0 aliphatic carbocycles. The van der Waals surface area contributed by atoms with Gasteiger partial charge in [-0.2, -0.15) is 0 Å². The van der Waals surface area contributed by atoms with Gasteiger partial charge in [-0.25, -0.2) is 4.39 Å². The molecule has 0 unspecified atom stereocenters. The number of methoxy groups -OCH3 is 1. The average Bonchev–Trinajstić information content (AvgIpc) is 2.37. The van der Waals surface area contributed by atoms with E-state index >= 15 is 0 Å². The molecular formula is C15H16FNO2. The van der Waals surface area contributed by atoms with Gasteiger partial charge in [0.05, 0.1) is 12.8 Å². The molecule has 0 fully saturated rings. The van der Waals surface area contributed by atoms with Crippen LogP contribution in [0.5, 0.6) is 17.2 Å². The second-order valence-corrected chi connectivity index (χ2v) is 4.37. The summed E-state index contributed by atoms with van der Waals surface area (Å²) in [4.78, 5) is 0. The molecule has 0 spiro atoms. The zero-order chi connectivity index (χ0) is 14.0. The molecule has 2 rings (SSSR count). The van der Waals surface area contributed by atoms with Crippen LogP contribution >= 0.6 is 0 Å². The summed E-state index contributed by atoms with van der Waals surface area (Å²) in [5.74, 6) is 0.630. The van der Waals surface area contributed by atoms with Crippen molar-refractivity contribution < 1.29 is 13.9 Å². The molecular weight excluding hydrogens is 245 g/mol. The van der Waals surface area contributed by atoms with Gasteiger partial charge in [-0.3, -0.25) is 0 Å². The smallest absolute Gasteiger partial charge is 0.167 e. The number of benzene rings is 2. The van der Waals surface area contributed by atoms with Crippen LogP contribution < -0.4 is 15.2 Å². The predicted octanol–water partition coefficient (Wildman–Crippen LogP) is 3.83. The highest BCUT2D eigenvalue weighted by Gasteiger charge is 2.10. The molecule has 0 aliphatic heterocycles. The van der Waals surface area contributed by atoms with Crippen molar-refractivity contribution in [3.05, 3.63) is 47.3 Å². The molecule has 3 nitrogen and oxygen atoms in total. The van der Waals surface area contributed by atoms with Gasteiger partial charge in [0.2, 0.25) is 0 Å². The van der Waals surface area contributed by atoms with Crippen molar-refractivity contribution in [2.75, 3.05) is 12.8 Å². The predicted molar refractivity (Wildman–Crippen MR) is 73.4 cm³/mol. The fourth-order valence-electron chi connectivity index (χ4n) is 1.70. The van der Waals surface area contributed by atoms with Crippen LogP contribution in [0.2, 0.25) is 0 Å². The molecule has 2 aromatic rings. The molecule has 0 bridgehead atoms. The first-order valence-electron chi connectivity index (χ1n) is 5.89. The Bertz CT molecular complexity index is 611. The fraction of sp³-hybridized carbons (Fsp3) is 0.200. The van der Waals surface area contributed by atoms with Crippen molar-refractivity contribution in [1.29, 1.82) is 0 Å². The molecule has 2 aromatic carbocycles. The van der Waals surface area contributed by atoms with Crippen LogP contribution in [0.3, 0.4) is 0 Å². The van der Waals surface area contributed by atoms with Crippen LogP contribution in [0, 0.1) is 19.7 Å². The topological polar surface area (TPSA) is 44.5 Å².